The maximum atomic E-state index is 14.0. The van der Waals surface area contributed by atoms with Gasteiger partial charge in [0.2, 0.25) is 27.7 Å². The summed E-state index contributed by atoms with van der Waals surface area (Å²) in [5, 5.41) is 16.9. The molecule has 6 rings (SSSR count). The van der Waals surface area contributed by atoms with Crippen molar-refractivity contribution in [2.24, 2.45) is 11.1 Å². The van der Waals surface area contributed by atoms with E-state index in [4.69, 9.17) is 9.88 Å². The lowest BCUT2D eigenvalue weighted by molar-refractivity contribution is -0.137. The lowest BCUT2D eigenvalue weighted by Gasteiger charge is -2.31. The van der Waals surface area contributed by atoms with Crippen LogP contribution in [0.25, 0.3) is 0 Å². The molecule has 2 aliphatic rings. The van der Waals surface area contributed by atoms with Gasteiger partial charge in [0.15, 0.2) is 11.5 Å². The molecule has 1 saturated heterocycles. The van der Waals surface area contributed by atoms with E-state index in [1.54, 1.807) is 0 Å². The van der Waals surface area contributed by atoms with Crippen LogP contribution in [0.2, 0.25) is 0 Å². The Morgan fingerprint density at radius 1 is 1.04 bits per heavy atom. The fourth-order valence-electron chi connectivity index (χ4n) is 5.65. The highest BCUT2D eigenvalue weighted by atomic mass is 32.2. The molecule has 1 aromatic heterocycles. The largest absolute Gasteiger partial charge is 0.504 e. The van der Waals surface area contributed by atoms with Crippen molar-refractivity contribution in [2.75, 3.05) is 17.3 Å². The van der Waals surface area contributed by atoms with Gasteiger partial charge in [0.1, 0.15) is 11.8 Å². The van der Waals surface area contributed by atoms with E-state index in [0.717, 1.165) is 39.8 Å². The van der Waals surface area contributed by atoms with Gasteiger partial charge >= 0.3 is 11.0 Å². The van der Waals surface area contributed by atoms with Crippen LogP contribution in [0.15, 0.2) is 81.4 Å². The molecule has 0 bridgehead atoms. The van der Waals surface area contributed by atoms with Gasteiger partial charge in [-0.25, -0.2) is 18.5 Å². The van der Waals surface area contributed by atoms with E-state index >= 15 is 0 Å². The smallest absolute Gasteiger partial charge is 0.416 e. The summed E-state index contributed by atoms with van der Waals surface area (Å²) in [6.45, 7) is -0.531. The standard InChI is InChI=1S/C30H23F3N4O8S3/c1-45-20-11-14(5-10-19(20)38)22-23-24(27(41)37(26(23)40)17-4-2-3-15(12-17)30(31,32)33)46-28-25(22)47-29(42)36(28)13-21(39)35-16-6-8-18(9-7-16)48(34,43)44/h2-12,22-24,38H,13H2,1H3,(H,35,39)(H2,34,43,44). The number of methoxy groups -OCH3 is 1. The number of fused-ring (bicyclic) bond motifs is 2. The molecule has 3 aromatic carbocycles. The number of hydrogen-bond donors (Lipinski definition) is 3. The second-order valence-corrected chi connectivity index (χ2v) is 14.5. The molecule has 3 unspecified atom stereocenters. The van der Waals surface area contributed by atoms with Crippen molar-refractivity contribution in [3.63, 3.8) is 0 Å². The first-order valence-corrected chi connectivity index (χ1v) is 17.1. The van der Waals surface area contributed by atoms with E-state index in [-0.39, 0.29) is 32.8 Å². The molecular weight excluding hydrogens is 698 g/mol. The van der Waals surface area contributed by atoms with Crippen LogP contribution in [0.3, 0.4) is 0 Å². The molecule has 3 atom stereocenters. The Bertz CT molecular complexity index is 2150. The Morgan fingerprint density at radius 2 is 1.75 bits per heavy atom. The molecule has 18 heteroatoms. The highest BCUT2D eigenvalue weighted by molar-refractivity contribution is 8.00. The molecule has 3 amide bonds. The number of carbonyl (C=O) groups excluding carboxylic acids is 3. The molecule has 2 aliphatic heterocycles. The fraction of sp³-hybridized carbons (Fsp3) is 0.200. The summed E-state index contributed by atoms with van der Waals surface area (Å²) in [7, 11) is -2.67. The number of sulfonamides is 1. The van der Waals surface area contributed by atoms with Gasteiger partial charge in [0.05, 0.1) is 34.2 Å². The second kappa shape index (κ2) is 12.1. The van der Waals surface area contributed by atoms with Gasteiger partial charge in [-0.3, -0.25) is 23.7 Å². The number of nitrogens with one attached hydrogen (secondary N) is 1. The minimum Gasteiger partial charge on any atom is -0.504 e. The molecule has 0 aliphatic carbocycles. The van der Waals surface area contributed by atoms with Crippen molar-refractivity contribution in [3.05, 3.63) is 92.4 Å². The number of ether oxygens (including phenoxy) is 1. The first kappa shape index (κ1) is 33.3. The van der Waals surface area contributed by atoms with Crippen LogP contribution < -0.4 is 25.0 Å². The first-order valence-electron chi connectivity index (χ1n) is 13.8. The number of rotatable bonds is 7. The molecular formula is C30H23F3N4O8S3. The second-order valence-electron chi connectivity index (χ2n) is 10.8. The molecule has 0 spiro atoms. The molecule has 3 heterocycles. The molecule has 4 N–H and O–H groups in total. The number of primary sulfonamides is 1. The lowest BCUT2D eigenvalue weighted by atomic mass is 9.83. The van der Waals surface area contributed by atoms with Crippen LogP contribution in [0.1, 0.15) is 21.9 Å². The molecule has 4 aromatic rings. The highest BCUT2D eigenvalue weighted by Gasteiger charge is 2.57. The van der Waals surface area contributed by atoms with E-state index in [1.807, 2.05) is 0 Å². The molecule has 250 valence electrons. The van der Waals surface area contributed by atoms with Crippen LogP contribution in [-0.4, -0.2) is 48.2 Å². The Labute approximate surface area is 278 Å². The van der Waals surface area contributed by atoms with E-state index < -0.39 is 68.0 Å². The number of aromatic hydroxyl groups is 1. The van der Waals surface area contributed by atoms with Crippen molar-refractivity contribution in [2.45, 2.75) is 33.8 Å². The molecule has 1 fully saturated rings. The highest BCUT2D eigenvalue weighted by Crippen LogP contribution is 2.54. The van der Waals surface area contributed by atoms with Crippen LogP contribution in [0, 0.1) is 5.92 Å². The third-order valence-corrected chi connectivity index (χ3v) is 11.3. The fourth-order valence-corrected chi connectivity index (χ4v) is 8.94. The Hall–Kier alpha value is -4.65. The van der Waals surface area contributed by atoms with E-state index in [9.17, 15) is 45.9 Å². The van der Waals surface area contributed by atoms with Gasteiger partial charge in [-0.05, 0) is 60.2 Å². The van der Waals surface area contributed by atoms with Crippen LogP contribution in [-0.2, 0) is 37.1 Å². The predicted octanol–water partition coefficient (Wildman–Crippen LogP) is 3.72. The van der Waals surface area contributed by atoms with Crippen molar-refractivity contribution in [3.8, 4) is 11.5 Å². The van der Waals surface area contributed by atoms with E-state index in [1.165, 1.54) is 55.6 Å². The normalized spacial score (nSPS) is 19.2. The van der Waals surface area contributed by atoms with Crippen LogP contribution in [0.4, 0.5) is 24.5 Å². The lowest BCUT2D eigenvalue weighted by Crippen LogP contribution is -2.33. The minimum absolute atomic E-state index is 0.0370. The number of hydrogen-bond acceptors (Lipinski definition) is 10. The predicted molar refractivity (Wildman–Crippen MR) is 169 cm³/mol. The number of phenolic OH excluding ortho intramolecular Hbond substituents is 1. The van der Waals surface area contributed by atoms with Gasteiger partial charge in [-0.1, -0.05) is 35.2 Å². The van der Waals surface area contributed by atoms with Crippen molar-refractivity contribution in [1.82, 2.24) is 4.57 Å². The third kappa shape index (κ3) is 5.95. The van der Waals surface area contributed by atoms with Gasteiger partial charge in [-0.2, -0.15) is 13.2 Å². The zero-order valence-electron chi connectivity index (χ0n) is 24.4. The number of thioether (sulfide) groups is 1. The van der Waals surface area contributed by atoms with Crippen molar-refractivity contribution >= 4 is 62.2 Å². The van der Waals surface area contributed by atoms with Crippen molar-refractivity contribution < 1.29 is 45.8 Å². The van der Waals surface area contributed by atoms with Gasteiger partial charge in [-0.15, -0.1) is 0 Å². The molecule has 48 heavy (non-hydrogen) atoms. The molecule has 12 nitrogen and oxygen atoms in total. The third-order valence-electron chi connectivity index (χ3n) is 7.81. The minimum atomic E-state index is -4.74. The first-order chi connectivity index (χ1) is 22.6. The zero-order chi connectivity index (χ0) is 34.7. The Morgan fingerprint density at radius 3 is 2.40 bits per heavy atom. The summed E-state index contributed by atoms with van der Waals surface area (Å²) < 4.78 is 70.1. The SMILES string of the molecule is COc1cc(C2c3sc(=O)n(CC(=O)Nc4ccc(S(N)(=O)=O)cc4)c3SC3C(=O)N(c4cccc(C(F)(F)F)c4)C(=O)C32)ccc1O. The maximum Gasteiger partial charge on any atom is 0.416 e. The van der Waals surface area contributed by atoms with Gasteiger partial charge < -0.3 is 15.2 Å². The number of anilines is 2. The van der Waals surface area contributed by atoms with Gasteiger partial charge in [0.25, 0.3) is 0 Å². The number of halogens is 3. The number of thiazole rings is 1. The van der Waals surface area contributed by atoms with E-state index in [0.29, 0.717) is 21.4 Å². The Kier molecular flexibility index (Phi) is 8.39. The van der Waals surface area contributed by atoms with Crippen molar-refractivity contribution in [1.29, 1.82) is 0 Å². The topological polar surface area (TPSA) is 178 Å². The number of nitrogens with zero attached hydrogens (tertiary/aromatic N) is 2. The Balaban J connectivity index is 1.40. The number of aromatic nitrogens is 1. The maximum absolute atomic E-state index is 14.0. The number of imide groups is 1. The summed E-state index contributed by atoms with van der Waals surface area (Å²) in [6.07, 6.45) is -4.74. The summed E-state index contributed by atoms with van der Waals surface area (Å²) in [4.78, 5) is 54.6. The summed E-state index contributed by atoms with van der Waals surface area (Å²) in [5.41, 5.74) is -0.743. The van der Waals surface area contributed by atoms with Gasteiger partial charge in [0, 0.05) is 16.5 Å². The number of carbonyl (C=O) groups is 3. The monoisotopic (exact) mass is 720 g/mol. The summed E-state index contributed by atoms with van der Waals surface area (Å²) in [6, 6.07) is 13.1. The van der Waals surface area contributed by atoms with E-state index in [2.05, 4.69) is 5.32 Å². The average Bonchev–Trinajstić information content (AvgIpc) is 3.47. The summed E-state index contributed by atoms with van der Waals surface area (Å²) >= 11 is 1.59. The number of alkyl halides is 3. The number of phenols is 1. The number of nitrogens with two attached hydrogens (primary N) is 1. The molecule has 0 radical (unpaired) electrons. The van der Waals surface area contributed by atoms with Crippen LogP contribution >= 0.6 is 23.1 Å². The number of benzene rings is 3. The molecule has 0 saturated carbocycles. The average molecular weight is 721 g/mol. The zero-order valence-corrected chi connectivity index (χ0v) is 26.9. The summed E-state index contributed by atoms with van der Waals surface area (Å²) in [5.74, 6) is -4.60. The van der Waals surface area contributed by atoms with Crippen LogP contribution in [0.5, 0.6) is 11.5 Å². The quantitative estimate of drug-likeness (QED) is 0.240. The number of amides is 3.